The van der Waals surface area contributed by atoms with Crippen LogP contribution in [0.15, 0.2) is 24.3 Å². The van der Waals surface area contributed by atoms with Gasteiger partial charge in [-0.05, 0) is 29.5 Å². The molecule has 0 radical (unpaired) electrons. The van der Waals surface area contributed by atoms with Gasteiger partial charge in [-0.2, -0.15) is 0 Å². The second-order valence-corrected chi connectivity index (χ2v) is 7.81. The molecule has 0 amide bonds. The van der Waals surface area contributed by atoms with Crippen LogP contribution in [0.4, 0.5) is 0 Å². The third-order valence-corrected chi connectivity index (χ3v) is 5.34. The second kappa shape index (κ2) is 7.78. The van der Waals surface area contributed by atoms with E-state index in [9.17, 15) is 0 Å². The molecule has 2 rings (SSSR count). The number of hydrogen-bond donors (Lipinski definition) is 1. The molecule has 1 aliphatic rings. The smallest absolute Gasteiger partial charge is 0.0471 e. The predicted octanol–water partition coefficient (Wildman–Crippen LogP) is 3.40. The summed E-state index contributed by atoms with van der Waals surface area (Å²) in [5, 5.41) is 0. The molecule has 0 bridgehead atoms. The Labute approximate surface area is 142 Å². The van der Waals surface area contributed by atoms with Crippen LogP contribution in [0, 0.1) is 0 Å². The van der Waals surface area contributed by atoms with Crippen LogP contribution in [-0.4, -0.2) is 48.6 Å². The van der Waals surface area contributed by atoms with E-state index in [1.54, 1.807) is 0 Å². The molecule has 1 aromatic carbocycles. The van der Waals surface area contributed by atoms with Gasteiger partial charge >= 0.3 is 0 Å². The first-order valence-corrected chi connectivity index (χ1v) is 9.19. The first kappa shape index (κ1) is 18.4. The van der Waals surface area contributed by atoms with Crippen LogP contribution < -0.4 is 5.73 Å². The Balaban J connectivity index is 2.13. The first-order chi connectivity index (χ1) is 10.9. The van der Waals surface area contributed by atoms with E-state index in [0.717, 1.165) is 26.2 Å². The Bertz CT molecular complexity index is 475. The maximum atomic E-state index is 6.16. The van der Waals surface area contributed by atoms with Gasteiger partial charge in [0.05, 0.1) is 0 Å². The largest absolute Gasteiger partial charge is 0.329 e. The van der Waals surface area contributed by atoms with Crippen LogP contribution >= 0.6 is 0 Å². The Morgan fingerprint density at radius 2 is 1.78 bits per heavy atom. The maximum absolute atomic E-state index is 6.16. The summed E-state index contributed by atoms with van der Waals surface area (Å²) in [5.74, 6) is 0. The number of nitrogens with zero attached hydrogens (tertiary/aromatic N) is 2. The van der Waals surface area contributed by atoms with Crippen LogP contribution in [0.1, 0.15) is 58.2 Å². The van der Waals surface area contributed by atoms with Crippen LogP contribution in [0.3, 0.4) is 0 Å². The summed E-state index contributed by atoms with van der Waals surface area (Å²) in [5.41, 5.74) is 9.11. The molecule has 3 nitrogen and oxygen atoms in total. The lowest BCUT2D eigenvalue weighted by Gasteiger charge is -2.44. The minimum Gasteiger partial charge on any atom is -0.329 e. The minimum atomic E-state index is 0.205. The van der Waals surface area contributed by atoms with Gasteiger partial charge in [0.2, 0.25) is 0 Å². The van der Waals surface area contributed by atoms with Crippen molar-refractivity contribution in [1.82, 2.24) is 9.80 Å². The van der Waals surface area contributed by atoms with Crippen molar-refractivity contribution >= 4 is 0 Å². The highest BCUT2D eigenvalue weighted by atomic mass is 15.3. The third-order valence-electron chi connectivity index (χ3n) is 5.34. The van der Waals surface area contributed by atoms with Crippen molar-refractivity contribution in [3.63, 3.8) is 0 Å². The average molecular weight is 318 g/mol. The van der Waals surface area contributed by atoms with Crippen LogP contribution in [0.25, 0.3) is 0 Å². The lowest BCUT2D eigenvalue weighted by Crippen LogP contribution is -2.54. The topological polar surface area (TPSA) is 32.5 Å². The molecule has 130 valence electrons. The highest BCUT2D eigenvalue weighted by molar-refractivity contribution is 5.29. The molecule has 1 aliphatic heterocycles. The molecule has 1 aromatic rings. The van der Waals surface area contributed by atoms with Crippen molar-refractivity contribution in [2.45, 2.75) is 58.5 Å². The summed E-state index contributed by atoms with van der Waals surface area (Å²) in [6, 6.07) is 10.1. The van der Waals surface area contributed by atoms with Gasteiger partial charge in [-0.15, -0.1) is 0 Å². The van der Waals surface area contributed by atoms with Gasteiger partial charge in [0, 0.05) is 38.3 Å². The summed E-state index contributed by atoms with van der Waals surface area (Å²) in [6.45, 7) is 16.6. The van der Waals surface area contributed by atoms with Crippen LogP contribution in [-0.2, 0) is 5.41 Å². The molecule has 3 heteroatoms. The highest BCUT2D eigenvalue weighted by Crippen LogP contribution is 2.27. The molecular formula is C20H35N3. The molecule has 2 atom stereocenters. The molecule has 0 aromatic heterocycles. The number of rotatable bonds is 5. The summed E-state index contributed by atoms with van der Waals surface area (Å²) >= 11 is 0. The predicted molar refractivity (Wildman–Crippen MR) is 99.8 cm³/mol. The molecule has 23 heavy (non-hydrogen) atoms. The van der Waals surface area contributed by atoms with Crippen molar-refractivity contribution in [2.24, 2.45) is 5.73 Å². The molecular weight excluding hydrogens is 282 g/mol. The minimum absolute atomic E-state index is 0.205. The molecule has 0 spiro atoms. The summed E-state index contributed by atoms with van der Waals surface area (Å²) in [6.07, 6.45) is 1.21. The normalized spacial score (nSPS) is 22.3. The second-order valence-electron chi connectivity index (χ2n) is 7.81. The first-order valence-electron chi connectivity index (χ1n) is 9.19. The Morgan fingerprint density at radius 3 is 2.26 bits per heavy atom. The SMILES string of the molecule is CCC1CN(C(CN)c2ccc(C(C)(C)C)cc2)CCN1CC. The monoisotopic (exact) mass is 317 g/mol. The number of nitrogens with two attached hydrogens (primary N) is 1. The Hall–Kier alpha value is -0.900. The number of benzene rings is 1. The zero-order valence-electron chi connectivity index (χ0n) is 15.7. The third kappa shape index (κ3) is 4.34. The summed E-state index contributed by atoms with van der Waals surface area (Å²) < 4.78 is 0. The zero-order chi connectivity index (χ0) is 17.0. The van der Waals surface area contributed by atoms with Gasteiger partial charge in [-0.3, -0.25) is 9.80 Å². The van der Waals surface area contributed by atoms with E-state index in [4.69, 9.17) is 5.73 Å². The van der Waals surface area contributed by atoms with E-state index in [2.05, 4.69) is 68.7 Å². The fourth-order valence-corrected chi connectivity index (χ4v) is 3.70. The fourth-order valence-electron chi connectivity index (χ4n) is 3.70. The summed E-state index contributed by atoms with van der Waals surface area (Å²) in [7, 11) is 0. The van der Waals surface area contributed by atoms with Crippen molar-refractivity contribution in [1.29, 1.82) is 0 Å². The zero-order valence-corrected chi connectivity index (χ0v) is 15.7. The van der Waals surface area contributed by atoms with Crippen molar-refractivity contribution < 1.29 is 0 Å². The van der Waals surface area contributed by atoms with Crippen LogP contribution in [0.2, 0.25) is 0 Å². The molecule has 0 aliphatic carbocycles. The van der Waals surface area contributed by atoms with Gasteiger partial charge in [-0.1, -0.05) is 58.9 Å². The fraction of sp³-hybridized carbons (Fsp3) is 0.700. The van der Waals surface area contributed by atoms with Crippen molar-refractivity contribution in [3.8, 4) is 0 Å². The van der Waals surface area contributed by atoms with E-state index >= 15 is 0 Å². The molecule has 1 heterocycles. The molecule has 2 N–H and O–H groups in total. The van der Waals surface area contributed by atoms with E-state index in [-0.39, 0.29) is 5.41 Å². The Kier molecular flexibility index (Phi) is 6.24. The van der Waals surface area contributed by atoms with Gasteiger partial charge in [0.1, 0.15) is 0 Å². The lowest BCUT2D eigenvalue weighted by atomic mass is 9.86. The number of hydrogen-bond acceptors (Lipinski definition) is 3. The lowest BCUT2D eigenvalue weighted by molar-refractivity contribution is 0.0509. The van der Waals surface area contributed by atoms with Gasteiger partial charge in [0.25, 0.3) is 0 Å². The Morgan fingerprint density at radius 1 is 1.13 bits per heavy atom. The van der Waals surface area contributed by atoms with Gasteiger partial charge in [0.15, 0.2) is 0 Å². The van der Waals surface area contributed by atoms with Crippen LogP contribution in [0.5, 0.6) is 0 Å². The molecule has 1 fully saturated rings. The maximum Gasteiger partial charge on any atom is 0.0471 e. The van der Waals surface area contributed by atoms with Gasteiger partial charge < -0.3 is 5.73 Å². The number of piperazine rings is 1. The average Bonchev–Trinajstić information content (AvgIpc) is 2.55. The van der Waals surface area contributed by atoms with Gasteiger partial charge in [-0.25, -0.2) is 0 Å². The van der Waals surface area contributed by atoms with Crippen molar-refractivity contribution in [2.75, 3.05) is 32.7 Å². The van der Waals surface area contributed by atoms with E-state index in [0.29, 0.717) is 18.6 Å². The van der Waals surface area contributed by atoms with E-state index in [1.807, 2.05) is 0 Å². The molecule has 2 unspecified atom stereocenters. The quantitative estimate of drug-likeness (QED) is 0.903. The summed E-state index contributed by atoms with van der Waals surface area (Å²) in [4.78, 5) is 5.19. The molecule has 0 saturated carbocycles. The highest BCUT2D eigenvalue weighted by Gasteiger charge is 2.29. The standard InChI is InChI=1S/C20H35N3/c1-6-18-15-23(13-12-22(18)7-2)19(14-21)16-8-10-17(11-9-16)20(3,4)5/h8-11,18-19H,6-7,12-15,21H2,1-5H3. The van der Waals surface area contributed by atoms with Crippen molar-refractivity contribution in [3.05, 3.63) is 35.4 Å². The van der Waals surface area contributed by atoms with E-state index in [1.165, 1.54) is 17.5 Å². The number of likely N-dealkylation sites (N-methyl/N-ethyl adjacent to an activating group) is 1. The van der Waals surface area contributed by atoms with E-state index < -0.39 is 0 Å². The molecule has 1 saturated heterocycles.